The second-order valence-electron chi connectivity index (χ2n) is 6.61. The Hall–Kier alpha value is -2.00. The second kappa shape index (κ2) is 7.93. The Kier molecular flexibility index (Phi) is 5.81. The number of rotatable bonds is 8. The van der Waals surface area contributed by atoms with Crippen LogP contribution in [0, 0.1) is 5.92 Å². The van der Waals surface area contributed by atoms with Gasteiger partial charge >= 0.3 is 0 Å². The van der Waals surface area contributed by atoms with Gasteiger partial charge in [-0.2, -0.15) is 5.10 Å². The highest BCUT2D eigenvalue weighted by Gasteiger charge is 2.58. The summed E-state index contributed by atoms with van der Waals surface area (Å²) in [6.07, 6.45) is 3.22. The van der Waals surface area contributed by atoms with E-state index in [1.165, 1.54) is 0 Å². The molecule has 2 aromatic rings. The van der Waals surface area contributed by atoms with Gasteiger partial charge in [0.15, 0.2) is 0 Å². The molecule has 2 aromatic heterocycles. The molecule has 2 heterocycles. The van der Waals surface area contributed by atoms with Crippen molar-refractivity contribution in [3.05, 3.63) is 30.6 Å². The number of carbonyl (C=O) groups excluding carboxylic acids is 1. The van der Waals surface area contributed by atoms with Crippen LogP contribution in [-0.2, 0) is 23.0 Å². The van der Waals surface area contributed by atoms with Crippen molar-refractivity contribution in [1.29, 1.82) is 0 Å². The van der Waals surface area contributed by atoms with Crippen LogP contribution >= 0.6 is 0 Å². The minimum atomic E-state index is -2.67. The summed E-state index contributed by atoms with van der Waals surface area (Å²) in [5, 5.41) is 4.43. The van der Waals surface area contributed by atoms with Crippen LogP contribution in [0.15, 0.2) is 30.6 Å². The maximum atomic E-state index is 12.9. The van der Waals surface area contributed by atoms with Gasteiger partial charge in [0.1, 0.15) is 17.3 Å². The fourth-order valence-electron chi connectivity index (χ4n) is 2.93. The summed E-state index contributed by atoms with van der Waals surface area (Å²) in [6.45, 7) is 2.27. The highest BCUT2D eigenvalue weighted by Crippen LogP contribution is 2.49. The van der Waals surface area contributed by atoms with Gasteiger partial charge in [-0.05, 0) is 19.1 Å². The quantitative estimate of drug-likeness (QED) is 0.643. The summed E-state index contributed by atoms with van der Waals surface area (Å²) in [6, 6.07) is 5.50. The zero-order valence-electron chi connectivity index (χ0n) is 15.3. The Labute approximate surface area is 159 Å². The molecule has 9 heteroatoms. The first-order chi connectivity index (χ1) is 12.8. The van der Waals surface area contributed by atoms with Gasteiger partial charge in [-0.1, -0.05) is 11.2 Å². The highest BCUT2D eigenvalue weighted by atomic mass is 32.2. The molecule has 2 atom stereocenters. The third-order valence-corrected chi connectivity index (χ3v) is 6.03. The number of aryl methyl sites for hydroxylation is 1. The van der Waals surface area contributed by atoms with Crippen LogP contribution < -0.4 is 4.90 Å². The van der Waals surface area contributed by atoms with E-state index in [-0.39, 0.29) is 30.3 Å². The van der Waals surface area contributed by atoms with Crippen molar-refractivity contribution in [2.45, 2.75) is 25.7 Å². The fraction of sp³-hybridized carbons (Fsp3) is 0.500. The number of hydrogen-bond donors (Lipinski definition) is 0. The molecule has 27 heavy (non-hydrogen) atoms. The van der Waals surface area contributed by atoms with Gasteiger partial charge in [-0.15, -0.1) is 0 Å². The van der Waals surface area contributed by atoms with Crippen molar-refractivity contribution in [2.75, 3.05) is 23.0 Å². The number of pyridine rings is 1. The molecule has 0 bridgehead atoms. The van der Waals surface area contributed by atoms with Crippen LogP contribution in [0.1, 0.15) is 19.8 Å². The molecule has 2 unspecified atom stereocenters. The molecule has 0 aromatic carbocycles. The van der Waals surface area contributed by atoms with Gasteiger partial charge < -0.3 is 4.55 Å². The molecule has 0 saturated heterocycles. The van der Waals surface area contributed by atoms with Crippen molar-refractivity contribution in [1.82, 2.24) is 14.8 Å². The molecule has 0 radical (unpaired) electrons. The molecule has 1 aliphatic carbocycles. The van der Waals surface area contributed by atoms with Gasteiger partial charge in [0.05, 0.1) is 18.0 Å². The lowest BCUT2D eigenvalue weighted by molar-refractivity contribution is -0.118. The van der Waals surface area contributed by atoms with E-state index in [9.17, 15) is 18.1 Å². The molecule has 0 spiro atoms. The topological polar surface area (TPSA) is 74.1 Å². The predicted molar refractivity (Wildman–Crippen MR) is 100 cm³/mol. The summed E-state index contributed by atoms with van der Waals surface area (Å²) in [4.78, 5) is 18.2. The average molecular weight is 396 g/mol. The minimum Gasteiger partial charge on any atom is -0.616 e. The number of alkyl halides is 2. The van der Waals surface area contributed by atoms with E-state index in [0.717, 1.165) is 5.56 Å². The van der Waals surface area contributed by atoms with E-state index < -0.39 is 23.0 Å². The number of aromatic nitrogens is 3. The standard InChI is InChI=1S/C18H22F2N4O2S/c1-3-24(17(25)6-8-27(26)12-14-10-18(14,19)20)16-9-15(22-23(16)2)13-5-4-7-21-11-13/h4-5,7,9,11,14H,3,6,8,10,12H2,1-2H3. The first kappa shape index (κ1) is 19.8. The Balaban J connectivity index is 1.62. The van der Waals surface area contributed by atoms with Gasteiger partial charge in [-0.25, -0.2) is 8.78 Å². The summed E-state index contributed by atoms with van der Waals surface area (Å²) >= 11 is -1.42. The van der Waals surface area contributed by atoms with Gasteiger partial charge in [0.25, 0.3) is 5.92 Å². The minimum absolute atomic E-state index is 0.0384. The van der Waals surface area contributed by atoms with Gasteiger partial charge in [0.2, 0.25) is 5.91 Å². The maximum absolute atomic E-state index is 12.9. The average Bonchev–Trinajstić information content (AvgIpc) is 3.05. The summed E-state index contributed by atoms with van der Waals surface area (Å²) < 4.78 is 39.4. The number of halogens is 2. The molecule has 0 N–H and O–H groups in total. The van der Waals surface area contributed by atoms with Crippen LogP contribution in [0.4, 0.5) is 14.6 Å². The lowest BCUT2D eigenvalue weighted by Crippen LogP contribution is -2.33. The lowest BCUT2D eigenvalue weighted by atomic mass is 10.2. The second-order valence-corrected chi connectivity index (χ2v) is 8.24. The van der Waals surface area contributed by atoms with Crippen molar-refractivity contribution >= 4 is 22.9 Å². The van der Waals surface area contributed by atoms with Crippen molar-refractivity contribution in [3.63, 3.8) is 0 Å². The number of nitrogens with zero attached hydrogens (tertiary/aromatic N) is 4. The zero-order chi connectivity index (χ0) is 19.6. The van der Waals surface area contributed by atoms with Crippen LogP contribution in [0.3, 0.4) is 0 Å². The van der Waals surface area contributed by atoms with Gasteiger partial charge in [0, 0.05) is 44.0 Å². The first-order valence-electron chi connectivity index (χ1n) is 8.79. The molecule has 6 nitrogen and oxygen atoms in total. The molecule has 1 aliphatic rings. The van der Waals surface area contributed by atoms with E-state index in [2.05, 4.69) is 10.1 Å². The number of hydrogen-bond acceptors (Lipinski definition) is 4. The molecular formula is C18H22F2N4O2S. The Bertz CT molecular complexity index is 800. The Morgan fingerprint density at radius 3 is 2.85 bits per heavy atom. The smallest absolute Gasteiger partial charge is 0.256 e. The van der Waals surface area contributed by atoms with Crippen LogP contribution in [-0.4, -0.2) is 49.2 Å². The van der Waals surface area contributed by atoms with E-state index in [4.69, 9.17) is 0 Å². The third-order valence-electron chi connectivity index (χ3n) is 4.59. The fourth-order valence-corrected chi connectivity index (χ4v) is 4.31. The Morgan fingerprint density at radius 2 is 2.26 bits per heavy atom. The maximum Gasteiger partial charge on any atom is 0.256 e. The summed E-state index contributed by atoms with van der Waals surface area (Å²) in [5.74, 6) is -2.99. The van der Waals surface area contributed by atoms with Crippen LogP contribution in [0.5, 0.6) is 0 Å². The van der Waals surface area contributed by atoms with Crippen LogP contribution in [0.25, 0.3) is 11.3 Å². The normalized spacial score (nSPS) is 18.9. The third kappa shape index (κ3) is 4.65. The largest absolute Gasteiger partial charge is 0.616 e. The zero-order valence-corrected chi connectivity index (χ0v) is 16.1. The summed E-state index contributed by atoms with van der Waals surface area (Å²) in [7, 11) is 1.75. The lowest BCUT2D eigenvalue weighted by Gasteiger charge is -2.21. The number of amides is 1. The van der Waals surface area contributed by atoms with Crippen molar-refractivity contribution in [2.24, 2.45) is 13.0 Å². The molecule has 3 rings (SSSR count). The number of anilines is 1. The Morgan fingerprint density at radius 1 is 1.52 bits per heavy atom. The highest BCUT2D eigenvalue weighted by molar-refractivity contribution is 7.91. The molecule has 1 saturated carbocycles. The number of carbonyl (C=O) groups is 1. The first-order valence-corrected chi connectivity index (χ1v) is 10.3. The molecule has 1 amide bonds. The van der Waals surface area contributed by atoms with E-state index >= 15 is 0 Å². The molecule has 0 aliphatic heterocycles. The van der Waals surface area contributed by atoms with Crippen LogP contribution in [0.2, 0.25) is 0 Å². The SMILES string of the molecule is CCN(C(=O)CC[S+]([O-])CC1CC1(F)F)c1cc(-c2cccnc2)nn1C. The molecule has 1 fully saturated rings. The van der Waals surface area contributed by atoms with Gasteiger partial charge in [-0.3, -0.25) is 19.4 Å². The molecule has 146 valence electrons. The molecular weight excluding hydrogens is 374 g/mol. The monoisotopic (exact) mass is 396 g/mol. The van der Waals surface area contributed by atoms with Crippen molar-refractivity contribution in [3.8, 4) is 11.3 Å². The summed E-state index contributed by atoms with van der Waals surface area (Å²) in [5.41, 5.74) is 1.54. The predicted octanol–water partition coefficient (Wildman–Crippen LogP) is 2.63. The van der Waals surface area contributed by atoms with E-state index in [0.29, 0.717) is 18.1 Å². The van der Waals surface area contributed by atoms with E-state index in [1.54, 1.807) is 35.1 Å². The van der Waals surface area contributed by atoms with Crippen molar-refractivity contribution < 1.29 is 18.1 Å². The van der Waals surface area contributed by atoms with E-state index in [1.807, 2.05) is 19.1 Å².